The molecule has 0 saturated carbocycles. The highest BCUT2D eigenvalue weighted by atomic mass is 35.5. The number of hydrogen-bond acceptors (Lipinski definition) is 9. The highest BCUT2D eigenvalue weighted by molar-refractivity contribution is 8.00. The molecule has 1 aromatic heterocycles. The van der Waals surface area contributed by atoms with Crippen LogP contribution in [-0.4, -0.2) is 39.7 Å². The van der Waals surface area contributed by atoms with Crippen molar-refractivity contribution in [1.29, 1.82) is 0 Å². The molecule has 2 unspecified atom stereocenters. The van der Waals surface area contributed by atoms with E-state index in [0.29, 0.717) is 50.0 Å². The number of hydrogen-bond donors (Lipinski definition) is 1. The van der Waals surface area contributed by atoms with Crippen LogP contribution in [0.1, 0.15) is 35.2 Å². The maximum absolute atomic E-state index is 13.6. The molecular weight excluding hydrogens is 641 g/mol. The number of Topliss-reactive ketones (excluding diaryl/α,β-unsaturated/α-hetero) is 1. The van der Waals surface area contributed by atoms with Crippen molar-refractivity contribution in [1.82, 2.24) is 10.2 Å². The molecule has 3 heterocycles. The average molecular weight is 667 g/mol. The zero-order chi connectivity index (χ0) is 31.0. The second-order valence-electron chi connectivity index (χ2n) is 10.2. The van der Waals surface area contributed by atoms with Crippen molar-refractivity contribution in [3.63, 3.8) is 0 Å². The van der Waals surface area contributed by atoms with Crippen LogP contribution < -0.4 is 14.4 Å². The molecule has 4 aromatic rings. The molecule has 0 spiro atoms. The topological polar surface area (TPSA) is 102 Å². The summed E-state index contributed by atoms with van der Waals surface area (Å²) in [5, 5.41) is 21.4. The van der Waals surface area contributed by atoms with Gasteiger partial charge in [0.25, 0.3) is 5.78 Å². The number of aliphatic hydroxyl groups excluding tert-OH is 1. The standard InChI is InChI=1S/C32H25Cl2N3O5S2/c1-3-12-41-23-9-5-18(6-10-23)27-26(28(38)19-7-11-25-21(14-19)13-17(2)42-25)29(39)30(40)37(27)31-35-36-32(44-31)43-16-20-4-8-22(33)15-24(20)34/h3-11,14-15,17,27,38H,1,12-13,16H2,2H3/b28-26+. The lowest BCUT2D eigenvalue weighted by Gasteiger charge is -2.22. The highest BCUT2D eigenvalue weighted by Gasteiger charge is 2.48. The lowest BCUT2D eigenvalue weighted by Crippen LogP contribution is -2.29. The first-order valence-corrected chi connectivity index (χ1v) is 16.1. The summed E-state index contributed by atoms with van der Waals surface area (Å²) in [7, 11) is 0. The molecule has 0 aliphatic carbocycles. The molecule has 1 fully saturated rings. The quantitative estimate of drug-likeness (QED) is 0.0486. The molecular formula is C32H25Cl2N3O5S2. The smallest absolute Gasteiger partial charge is 0.301 e. The summed E-state index contributed by atoms with van der Waals surface area (Å²) < 4.78 is 12.0. The van der Waals surface area contributed by atoms with Gasteiger partial charge in [-0.1, -0.05) is 77.2 Å². The Morgan fingerprint density at radius 2 is 1.95 bits per heavy atom. The average Bonchev–Trinajstić information content (AvgIpc) is 3.70. The van der Waals surface area contributed by atoms with Crippen molar-refractivity contribution in [2.45, 2.75) is 35.6 Å². The third kappa shape index (κ3) is 5.95. The van der Waals surface area contributed by atoms with Crippen molar-refractivity contribution in [2.75, 3.05) is 11.5 Å². The van der Waals surface area contributed by atoms with Crippen LogP contribution in [0.5, 0.6) is 11.5 Å². The molecule has 1 saturated heterocycles. The SMILES string of the molecule is C=CCOc1ccc(C2/C(=C(\O)c3ccc4c(c3)CC(C)O4)C(=O)C(=O)N2c2nnc(SCc3ccc(Cl)cc3Cl)s2)cc1. The molecule has 0 bridgehead atoms. The number of halogens is 2. The summed E-state index contributed by atoms with van der Waals surface area (Å²) in [6, 6.07) is 16.6. The van der Waals surface area contributed by atoms with Crippen LogP contribution in [0.15, 0.2) is 83.2 Å². The summed E-state index contributed by atoms with van der Waals surface area (Å²) in [5.74, 6) is -0.0767. The van der Waals surface area contributed by atoms with E-state index in [0.717, 1.165) is 16.9 Å². The fourth-order valence-corrected chi connectivity index (χ4v) is 7.53. The largest absolute Gasteiger partial charge is 0.507 e. The van der Waals surface area contributed by atoms with Gasteiger partial charge < -0.3 is 14.6 Å². The van der Waals surface area contributed by atoms with E-state index >= 15 is 0 Å². The fourth-order valence-electron chi connectivity index (χ4n) is 5.11. The van der Waals surface area contributed by atoms with Crippen molar-refractivity contribution in [3.05, 3.63) is 111 Å². The lowest BCUT2D eigenvalue weighted by molar-refractivity contribution is -0.132. The number of aromatic nitrogens is 2. The Morgan fingerprint density at radius 1 is 1.16 bits per heavy atom. The van der Waals surface area contributed by atoms with Crippen LogP contribution in [0, 0.1) is 0 Å². The Labute approximate surface area is 271 Å². The molecule has 1 amide bonds. The van der Waals surface area contributed by atoms with Crippen molar-refractivity contribution < 1.29 is 24.2 Å². The van der Waals surface area contributed by atoms with Crippen LogP contribution in [0.2, 0.25) is 10.0 Å². The van der Waals surface area contributed by atoms with E-state index < -0.39 is 17.7 Å². The number of anilines is 1. The number of carbonyl (C=O) groups is 2. The van der Waals surface area contributed by atoms with E-state index in [1.165, 1.54) is 28.0 Å². The Kier molecular flexibility index (Phi) is 8.68. The molecule has 44 heavy (non-hydrogen) atoms. The number of ether oxygens (including phenoxy) is 2. The van der Waals surface area contributed by atoms with Gasteiger partial charge in [0.15, 0.2) is 4.34 Å². The maximum atomic E-state index is 13.6. The van der Waals surface area contributed by atoms with Crippen LogP contribution >= 0.6 is 46.3 Å². The normalized spacial score (nSPS) is 18.8. The minimum absolute atomic E-state index is 0.00925. The minimum Gasteiger partial charge on any atom is -0.507 e. The van der Waals surface area contributed by atoms with Crippen molar-refractivity contribution in [2.24, 2.45) is 0 Å². The molecule has 2 atom stereocenters. The molecule has 224 valence electrons. The molecule has 6 rings (SSSR count). The predicted molar refractivity (Wildman–Crippen MR) is 173 cm³/mol. The highest BCUT2D eigenvalue weighted by Crippen LogP contribution is 2.45. The third-order valence-electron chi connectivity index (χ3n) is 7.15. The Hall–Kier alpha value is -3.83. The number of aliphatic hydroxyl groups is 1. The summed E-state index contributed by atoms with van der Waals surface area (Å²) >= 11 is 14.9. The number of thioether (sulfide) groups is 1. The van der Waals surface area contributed by atoms with Gasteiger partial charge in [-0.15, -0.1) is 10.2 Å². The lowest BCUT2D eigenvalue weighted by atomic mass is 9.94. The first-order chi connectivity index (χ1) is 21.2. The van der Waals surface area contributed by atoms with Gasteiger partial charge in [0, 0.05) is 27.8 Å². The van der Waals surface area contributed by atoms with Gasteiger partial charge in [-0.25, -0.2) is 0 Å². The van der Waals surface area contributed by atoms with E-state index in [1.807, 2.05) is 13.0 Å². The van der Waals surface area contributed by atoms with Gasteiger partial charge in [-0.05, 0) is 66.1 Å². The van der Waals surface area contributed by atoms with Gasteiger partial charge in [0.2, 0.25) is 5.13 Å². The second-order valence-corrected chi connectivity index (χ2v) is 13.2. The first kappa shape index (κ1) is 30.2. The molecule has 12 heteroatoms. The van der Waals surface area contributed by atoms with Crippen molar-refractivity contribution >= 4 is 68.9 Å². The molecule has 1 N–H and O–H groups in total. The van der Waals surface area contributed by atoms with E-state index in [9.17, 15) is 14.7 Å². The Bertz CT molecular complexity index is 1810. The summed E-state index contributed by atoms with van der Waals surface area (Å²) in [4.78, 5) is 28.5. The van der Waals surface area contributed by atoms with Gasteiger partial charge in [-0.3, -0.25) is 14.5 Å². The van der Waals surface area contributed by atoms with E-state index in [2.05, 4.69) is 16.8 Å². The Morgan fingerprint density at radius 3 is 2.70 bits per heavy atom. The molecule has 3 aromatic carbocycles. The summed E-state index contributed by atoms with van der Waals surface area (Å²) in [6.07, 6.45) is 2.32. The second kappa shape index (κ2) is 12.6. The van der Waals surface area contributed by atoms with E-state index in [4.69, 9.17) is 32.7 Å². The number of fused-ring (bicyclic) bond motifs is 1. The first-order valence-electron chi connectivity index (χ1n) is 13.6. The number of amides is 1. The zero-order valence-corrected chi connectivity index (χ0v) is 26.5. The monoisotopic (exact) mass is 665 g/mol. The van der Waals surface area contributed by atoms with Gasteiger partial charge in [-0.2, -0.15) is 0 Å². The Balaban J connectivity index is 1.37. The number of rotatable bonds is 9. The number of carbonyl (C=O) groups excluding carboxylic acids is 2. The zero-order valence-electron chi connectivity index (χ0n) is 23.3. The molecule has 0 radical (unpaired) electrons. The van der Waals surface area contributed by atoms with Crippen LogP contribution in [0.3, 0.4) is 0 Å². The number of nitrogens with zero attached hydrogens (tertiary/aromatic N) is 3. The number of ketones is 1. The fraction of sp³-hybridized carbons (Fsp3) is 0.188. The molecule has 2 aliphatic rings. The van der Waals surface area contributed by atoms with E-state index in [1.54, 1.807) is 60.7 Å². The van der Waals surface area contributed by atoms with E-state index in [-0.39, 0.29) is 22.6 Å². The molecule has 2 aliphatic heterocycles. The van der Waals surface area contributed by atoms with Crippen LogP contribution in [-0.2, 0) is 21.8 Å². The predicted octanol–water partition coefficient (Wildman–Crippen LogP) is 7.65. The molecule has 8 nitrogen and oxygen atoms in total. The summed E-state index contributed by atoms with van der Waals surface area (Å²) in [5.41, 5.74) is 2.75. The number of benzene rings is 3. The van der Waals surface area contributed by atoms with Gasteiger partial charge >= 0.3 is 5.91 Å². The van der Waals surface area contributed by atoms with Gasteiger partial charge in [0.05, 0.1) is 11.6 Å². The maximum Gasteiger partial charge on any atom is 0.301 e. The minimum atomic E-state index is -0.955. The van der Waals surface area contributed by atoms with Crippen molar-refractivity contribution in [3.8, 4) is 11.5 Å². The van der Waals surface area contributed by atoms with Crippen LogP contribution in [0.25, 0.3) is 5.76 Å². The summed E-state index contributed by atoms with van der Waals surface area (Å²) in [6.45, 7) is 5.96. The van der Waals surface area contributed by atoms with Crippen LogP contribution in [0.4, 0.5) is 5.13 Å². The third-order valence-corrected chi connectivity index (χ3v) is 9.84. The van der Waals surface area contributed by atoms with Gasteiger partial charge in [0.1, 0.15) is 30.0 Å².